The van der Waals surface area contributed by atoms with Crippen molar-refractivity contribution in [2.75, 3.05) is 29.6 Å². The fourth-order valence-electron chi connectivity index (χ4n) is 2.69. The van der Waals surface area contributed by atoms with E-state index in [1.807, 2.05) is 55.4 Å². The largest absolute Gasteiger partial charge is 0.378 e. The molecule has 1 aromatic heterocycles. The molecule has 1 amide bonds. The van der Waals surface area contributed by atoms with Crippen LogP contribution in [0.5, 0.6) is 0 Å². The van der Waals surface area contributed by atoms with E-state index >= 15 is 0 Å². The Morgan fingerprint density at radius 3 is 2.18 bits per heavy atom. The van der Waals surface area contributed by atoms with Gasteiger partial charge in [-0.05, 0) is 47.9 Å². The quantitative estimate of drug-likeness (QED) is 0.656. The fourth-order valence-corrected chi connectivity index (χ4v) is 2.69. The molecule has 0 fully saturated rings. The van der Waals surface area contributed by atoms with E-state index in [0.717, 1.165) is 11.4 Å². The third-order valence-electron chi connectivity index (χ3n) is 4.39. The van der Waals surface area contributed by atoms with Gasteiger partial charge >= 0.3 is 0 Å². The SMILES string of the molecule is CC(C)c1ccc(Nc2cc(C(=O)Nc3ccc(N(C)C)cc3)ncn2)cc1. The Balaban J connectivity index is 1.68. The van der Waals surface area contributed by atoms with Crippen LogP contribution >= 0.6 is 0 Å². The van der Waals surface area contributed by atoms with Gasteiger partial charge in [-0.2, -0.15) is 0 Å². The predicted octanol–water partition coefficient (Wildman–Crippen LogP) is 4.66. The first-order valence-corrected chi connectivity index (χ1v) is 9.20. The first-order chi connectivity index (χ1) is 13.4. The zero-order valence-electron chi connectivity index (χ0n) is 16.6. The zero-order chi connectivity index (χ0) is 20.1. The molecule has 2 N–H and O–H groups in total. The number of nitrogens with zero attached hydrogens (tertiary/aromatic N) is 3. The molecule has 0 bridgehead atoms. The number of hydrogen-bond donors (Lipinski definition) is 2. The number of nitrogens with one attached hydrogen (secondary N) is 2. The Hall–Kier alpha value is -3.41. The highest BCUT2D eigenvalue weighted by atomic mass is 16.1. The van der Waals surface area contributed by atoms with Crippen molar-refractivity contribution in [2.24, 2.45) is 0 Å². The second-order valence-corrected chi connectivity index (χ2v) is 7.09. The van der Waals surface area contributed by atoms with Crippen LogP contribution in [0.15, 0.2) is 60.9 Å². The van der Waals surface area contributed by atoms with Gasteiger partial charge < -0.3 is 15.5 Å². The lowest BCUT2D eigenvalue weighted by Gasteiger charge is -2.13. The molecule has 6 heteroatoms. The highest BCUT2D eigenvalue weighted by Gasteiger charge is 2.10. The number of carbonyl (C=O) groups is 1. The Morgan fingerprint density at radius 1 is 0.929 bits per heavy atom. The Bertz CT molecular complexity index is 934. The van der Waals surface area contributed by atoms with Crippen molar-refractivity contribution in [1.82, 2.24) is 9.97 Å². The number of aromatic nitrogens is 2. The van der Waals surface area contributed by atoms with Crippen molar-refractivity contribution < 1.29 is 4.79 Å². The van der Waals surface area contributed by atoms with E-state index in [2.05, 4.69) is 46.6 Å². The third-order valence-corrected chi connectivity index (χ3v) is 4.39. The summed E-state index contributed by atoms with van der Waals surface area (Å²) in [6.45, 7) is 4.32. The fraction of sp³-hybridized carbons (Fsp3) is 0.227. The Morgan fingerprint density at radius 2 is 1.57 bits per heavy atom. The van der Waals surface area contributed by atoms with E-state index in [4.69, 9.17) is 0 Å². The average molecular weight is 375 g/mol. The van der Waals surface area contributed by atoms with Crippen LogP contribution in [0.25, 0.3) is 0 Å². The Labute approximate surface area is 165 Å². The molecular formula is C22H25N5O. The van der Waals surface area contributed by atoms with E-state index in [-0.39, 0.29) is 5.91 Å². The molecule has 28 heavy (non-hydrogen) atoms. The second kappa shape index (κ2) is 8.52. The zero-order valence-corrected chi connectivity index (χ0v) is 16.6. The van der Waals surface area contributed by atoms with Crippen LogP contribution in [0.3, 0.4) is 0 Å². The number of hydrogen-bond acceptors (Lipinski definition) is 5. The highest BCUT2D eigenvalue weighted by molar-refractivity contribution is 6.03. The van der Waals surface area contributed by atoms with Crippen LogP contribution in [0, 0.1) is 0 Å². The average Bonchev–Trinajstić information content (AvgIpc) is 2.69. The normalized spacial score (nSPS) is 10.6. The van der Waals surface area contributed by atoms with Crippen molar-refractivity contribution in [3.05, 3.63) is 72.2 Å². The molecule has 0 aliphatic carbocycles. The molecule has 6 nitrogen and oxygen atoms in total. The lowest BCUT2D eigenvalue weighted by atomic mass is 10.0. The first kappa shape index (κ1) is 19.4. The van der Waals surface area contributed by atoms with Gasteiger partial charge in [0.2, 0.25) is 0 Å². The maximum Gasteiger partial charge on any atom is 0.274 e. The minimum atomic E-state index is -0.279. The van der Waals surface area contributed by atoms with Gasteiger partial charge in [-0.1, -0.05) is 26.0 Å². The lowest BCUT2D eigenvalue weighted by molar-refractivity contribution is 0.102. The van der Waals surface area contributed by atoms with E-state index in [1.165, 1.54) is 11.9 Å². The summed E-state index contributed by atoms with van der Waals surface area (Å²) in [4.78, 5) is 22.8. The molecule has 0 saturated heterocycles. The van der Waals surface area contributed by atoms with Gasteiger partial charge in [0.05, 0.1) is 0 Å². The van der Waals surface area contributed by atoms with Crippen LogP contribution in [-0.2, 0) is 0 Å². The minimum Gasteiger partial charge on any atom is -0.378 e. The standard InChI is InChI=1S/C22H25N5O/c1-15(2)16-5-7-17(8-6-16)25-21-13-20(23-14-24-21)22(28)26-18-9-11-19(12-10-18)27(3)4/h5-15H,1-4H3,(H,26,28)(H,23,24,25). The lowest BCUT2D eigenvalue weighted by Crippen LogP contribution is -2.14. The van der Waals surface area contributed by atoms with Gasteiger partial charge in [-0.15, -0.1) is 0 Å². The summed E-state index contributed by atoms with van der Waals surface area (Å²) in [5.41, 5.74) is 4.26. The molecule has 0 atom stereocenters. The molecule has 0 radical (unpaired) electrons. The van der Waals surface area contributed by atoms with Crippen molar-refractivity contribution in [1.29, 1.82) is 0 Å². The number of anilines is 4. The molecule has 3 aromatic rings. The molecular weight excluding hydrogens is 350 g/mol. The number of rotatable bonds is 6. The number of carbonyl (C=O) groups excluding carboxylic acids is 1. The maximum atomic E-state index is 12.5. The third kappa shape index (κ3) is 4.85. The molecule has 0 aliphatic heterocycles. The molecule has 0 spiro atoms. The van der Waals surface area contributed by atoms with E-state index in [0.29, 0.717) is 23.1 Å². The summed E-state index contributed by atoms with van der Waals surface area (Å²) in [5.74, 6) is 0.772. The van der Waals surface area contributed by atoms with E-state index in [1.54, 1.807) is 6.07 Å². The molecule has 3 rings (SSSR count). The molecule has 1 heterocycles. The summed E-state index contributed by atoms with van der Waals surface area (Å²) < 4.78 is 0. The summed E-state index contributed by atoms with van der Waals surface area (Å²) in [5, 5.41) is 6.07. The highest BCUT2D eigenvalue weighted by Crippen LogP contribution is 2.20. The van der Waals surface area contributed by atoms with Gasteiger partial charge in [-0.25, -0.2) is 9.97 Å². The van der Waals surface area contributed by atoms with Gasteiger partial charge in [-0.3, -0.25) is 4.79 Å². The maximum absolute atomic E-state index is 12.5. The van der Waals surface area contributed by atoms with Gasteiger partial charge in [0, 0.05) is 37.2 Å². The molecule has 2 aromatic carbocycles. The second-order valence-electron chi connectivity index (χ2n) is 7.09. The number of amides is 1. The topological polar surface area (TPSA) is 70.2 Å². The predicted molar refractivity (Wildman–Crippen MR) is 115 cm³/mol. The van der Waals surface area contributed by atoms with Crippen LogP contribution in [-0.4, -0.2) is 30.0 Å². The van der Waals surface area contributed by atoms with Crippen molar-refractivity contribution in [2.45, 2.75) is 19.8 Å². The van der Waals surface area contributed by atoms with Crippen molar-refractivity contribution in [3.8, 4) is 0 Å². The molecule has 0 aliphatic rings. The summed E-state index contributed by atoms with van der Waals surface area (Å²) >= 11 is 0. The van der Waals surface area contributed by atoms with Crippen LogP contribution in [0.4, 0.5) is 22.9 Å². The van der Waals surface area contributed by atoms with Crippen LogP contribution < -0.4 is 15.5 Å². The van der Waals surface area contributed by atoms with E-state index in [9.17, 15) is 4.79 Å². The summed E-state index contributed by atoms with van der Waals surface area (Å²) in [7, 11) is 3.94. The molecule has 0 unspecified atom stereocenters. The molecule has 0 saturated carbocycles. The summed E-state index contributed by atoms with van der Waals surface area (Å²) in [6, 6.07) is 17.4. The summed E-state index contributed by atoms with van der Waals surface area (Å²) in [6.07, 6.45) is 1.38. The smallest absolute Gasteiger partial charge is 0.274 e. The van der Waals surface area contributed by atoms with Gasteiger partial charge in [0.1, 0.15) is 17.8 Å². The van der Waals surface area contributed by atoms with Crippen LogP contribution in [0.1, 0.15) is 35.8 Å². The monoisotopic (exact) mass is 375 g/mol. The minimum absolute atomic E-state index is 0.279. The van der Waals surface area contributed by atoms with Gasteiger partial charge in [0.15, 0.2) is 0 Å². The van der Waals surface area contributed by atoms with Crippen molar-refractivity contribution >= 4 is 28.8 Å². The molecule has 144 valence electrons. The van der Waals surface area contributed by atoms with Crippen LogP contribution in [0.2, 0.25) is 0 Å². The van der Waals surface area contributed by atoms with Gasteiger partial charge in [0.25, 0.3) is 5.91 Å². The Kier molecular flexibility index (Phi) is 5.89. The van der Waals surface area contributed by atoms with E-state index < -0.39 is 0 Å². The van der Waals surface area contributed by atoms with Crippen molar-refractivity contribution in [3.63, 3.8) is 0 Å². The first-order valence-electron chi connectivity index (χ1n) is 9.20. The number of benzene rings is 2.